The van der Waals surface area contributed by atoms with Crippen molar-refractivity contribution in [3.8, 4) is 0 Å². The van der Waals surface area contributed by atoms with E-state index < -0.39 is 0 Å². The third-order valence-corrected chi connectivity index (χ3v) is 1.02. The fourth-order valence-corrected chi connectivity index (χ4v) is 0.457. The zero-order valence-corrected chi connectivity index (χ0v) is 7.92. The molecule has 0 aliphatic carbocycles. The maximum Gasteiger partial charge on any atom is 0.149 e. The minimum absolute atomic E-state index is 0.747. The van der Waals surface area contributed by atoms with Gasteiger partial charge in [0.25, 0.3) is 0 Å². The minimum Gasteiger partial charge on any atom is -0.298 e. The molecular formula is C10H18O. The van der Waals surface area contributed by atoms with E-state index in [0.717, 1.165) is 18.3 Å². The van der Waals surface area contributed by atoms with E-state index in [1.807, 2.05) is 39.8 Å². The Balaban J connectivity index is 0. The van der Waals surface area contributed by atoms with Gasteiger partial charge in [-0.15, -0.1) is 0 Å². The molecule has 11 heavy (non-hydrogen) atoms. The molecule has 0 atom stereocenters. The summed E-state index contributed by atoms with van der Waals surface area (Å²) in [6, 6.07) is 0. The predicted octanol–water partition coefficient (Wildman–Crippen LogP) is 3.12. The maximum absolute atomic E-state index is 10.1. The summed E-state index contributed by atoms with van der Waals surface area (Å²) < 4.78 is 0. The normalized spacial score (nSPS) is 10.7. The lowest BCUT2D eigenvalue weighted by Gasteiger charge is -1.83. The highest BCUT2D eigenvalue weighted by Crippen LogP contribution is 1.92. The topological polar surface area (TPSA) is 17.1 Å². The van der Waals surface area contributed by atoms with Crippen LogP contribution in [0.1, 0.15) is 34.1 Å². The van der Waals surface area contributed by atoms with E-state index in [0.29, 0.717) is 0 Å². The van der Waals surface area contributed by atoms with Crippen LogP contribution in [0, 0.1) is 0 Å². The Kier molecular flexibility index (Phi) is 13.8. The van der Waals surface area contributed by atoms with Gasteiger partial charge in [0, 0.05) is 5.57 Å². The molecule has 64 valence electrons. The smallest absolute Gasteiger partial charge is 0.149 e. The van der Waals surface area contributed by atoms with Crippen molar-refractivity contribution in [1.29, 1.82) is 0 Å². The number of carbonyl (C=O) groups excluding carboxylic acids is 1. The molecule has 0 fully saturated rings. The largest absolute Gasteiger partial charge is 0.298 e. The molecule has 0 aliphatic heterocycles. The van der Waals surface area contributed by atoms with Crippen LogP contribution in [-0.4, -0.2) is 6.29 Å². The fraction of sp³-hybridized carbons (Fsp3) is 0.500. The third kappa shape index (κ3) is 9.15. The summed E-state index contributed by atoms with van der Waals surface area (Å²) in [5.41, 5.74) is 0.747. The van der Waals surface area contributed by atoms with Gasteiger partial charge in [-0.1, -0.05) is 39.0 Å². The molecule has 0 saturated carbocycles. The second-order valence-corrected chi connectivity index (χ2v) is 1.72. The lowest BCUT2D eigenvalue weighted by atomic mass is 10.2. The first-order valence-electron chi connectivity index (χ1n) is 4.13. The van der Waals surface area contributed by atoms with Gasteiger partial charge in [0.1, 0.15) is 6.29 Å². The average molecular weight is 154 g/mol. The van der Waals surface area contributed by atoms with E-state index >= 15 is 0 Å². The van der Waals surface area contributed by atoms with Crippen LogP contribution in [0.5, 0.6) is 0 Å². The van der Waals surface area contributed by atoms with Gasteiger partial charge in [0.2, 0.25) is 0 Å². The van der Waals surface area contributed by atoms with E-state index in [2.05, 4.69) is 0 Å². The van der Waals surface area contributed by atoms with Crippen LogP contribution in [0.15, 0.2) is 23.8 Å². The zero-order valence-electron chi connectivity index (χ0n) is 7.92. The second kappa shape index (κ2) is 11.9. The number of rotatable bonds is 3. The van der Waals surface area contributed by atoms with Crippen LogP contribution in [0.25, 0.3) is 0 Å². The highest BCUT2D eigenvalue weighted by molar-refractivity contribution is 5.77. The first-order valence-corrected chi connectivity index (χ1v) is 4.13. The molecule has 0 bridgehead atoms. The predicted molar refractivity (Wildman–Crippen MR) is 50.6 cm³/mol. The molecule has 0 aromatic carbocycles. The summed E-state index contributed by atoms with van der Waals surface area (Å²) in [5.74, 6) is 0. The number of allylic oxidation sites excluding steroid dienone is 4. The van der Waals surface area contributed by atoms with Gasteiger partial charge in [0.05, 0.1) is 0 Å². The van der Waals surface area contributed by atoms with Crippen LogP contribution in [0.3, 0.4) is 0 Å². The van der Waals surface area contributed by atoms with Crippen LogP contribution in [0.2, 0.25) is 0 Å². The first kappa shape index (κ1) is 12.8. The van der Waals surface area contributed by atoms with Crippen molar-refractivity contribution in [1.82, 2.24) is 0 Å². The van der Waals surface area contributed by atoms with Crippen molar-refractivity contribution in [2.24, 2.45) is 0 Å². The van der Waals surface area contributed by atoms with Crippen molar-refractivity contribution < 1.29 is 4.79 Å². The van der Waals surface area contributed by atoms with Crippen LogP contribution in [-0.2, 0) is 4.79 Å². The van der Waals surface area contributed by atoms with Crippen LogP contribution in [0.4, 0.5) is 0 Å². The molecule has 1 nitrogen and oxygen atoms in total. The molecule has 0 N–H and O–H groups in total. The quantitative estimate of drug-likeness (QED) is 0.347. The Morgan fingerprint density at radius 2 is 1.91 bits per heavy atom. The summed E-state index contributed by atoms with van der Waals surface area (Å²) in [4.78, 5) is 10.1. The number of carbonyl (C=O) groups is 1. The maximum atomic E-state index is 10.1. The van der Waals surface area contributed by atoms with Crippen molar-refractivity contribution in [3.63, 3.8) is 0 Å². The van der Waals surface area contributed by atoms with Crippen LogP contribution >= 0.6 is 0 Å². The molecule has 0 spiro atoms. The molecule has 0 rings (SSSR count). The minimum atomic E-state index is 0.747. The van der Waals surface area contributed by atoms with E-state index in [1.165, 1.54) is 0 Å². The van der Waals surface area contributed by atoms with Crippen molar-refractivity contribution in [2.45, 2.75) is 34.1 Å². The van der Waals surface area contributed by atoms with Gasteiger partial charge in [0.15, 0.2) is 0 Å². The van der Waals surface area contributed by atoms with Crippen molar-refractivity contribution in [3.05, 3.63) is 23.8 Å². The van der Waals surface area contributed by atoms with E-state index in [1.54, 1.807) is 6.08 Å². The number of aldehydes is 1. The van der Waals surface area contributed by atoms with Gasteiger partial charge in [-0.3, -0.25) is 4.79 Å². The molecule has 0 heterocycles. The summed E-state index contributed by atoms with van der Waals surface area (Å²) in [7, 11) is 0. The van der Waals surface area contributed by atoms with E-state index in [9.17, 15) is 4.79 Å². The molecule has 0 unspecified atom stereocenters. The summed E-state index contributed by atoms with van der Waals surface area (Å²) in [5, 5.41) is 0. The van der Waals surface area contributed by atoms with Crippen molar-refractivity contribution >= 4 is 6.29 Å². The third-order valence-electron chi connectivity index (χ3n) is 1.02. The first-order chi connectivity index (χ1) is 5.35. The summed E-state index contributed by atoms with van der Waals surface area (Å²) in [6.07, 6.45) is 7.41. The SMILES string of the molecule is C/C=C(C=O)\C=C/CC.CC. The Labute approximate surface area is 69.8 Å². The van der Waals surface area contributed by atoms with Crippen molar-refractivity contribution in [2.75, 3.05) is 0 Å². The zero-order chi connectivity index (χ0) is 9.11. The van der Waals surface area contributed by atoms with Gasteiger partial charge in [-0.05, 0) is 13.3 Å². The average Bonchev–Trinajstić information content (AvgIpc) is 2.10. The molecule has 1 heteroatoms. The highest BCUT2D eigenvalue weighted by Gasteiger charge is 1.81. The van der Waals surface area contributed by atoms with Gasteiger partial charge >= 0.3 is 0 Å². The van der Waals surface area contributed by atoms with Gasteiger partial charge < -0.3 is 0 Å². The van der Waals surface area contributed by atoms with E-state index in [-0.39, 0.29) is 0 Å². The Morgan fingerprint density at radius 3 is 2.18 bits per heavy atom. The van der Waals surface area contributed by atoms with Gasteiger partial charge in [-0.2, -0.15) is 0 Å². The molecule has 0 saturated heterocycles. The van der Waals surface area contributed by atoms with Gasteiger partial charge in [-0.25, -0.2) is 0 Å². The fourth-order valence-electron chi connectivity index (χ4n) is 0.457. The lowest BCUT2D eigenvalue weighted by molar-refractivity contribution is -0.104. The molecule has 0 radical (unpaired) electrons. The number of hydrogen-bond donors (Lipinski definition) is 0. The Hall–Kier alpha value is -0.850. The second-order valence-electron chi connectivity index (χ2n) is 1.72. The number of hydrogen-bond acceptors (Lipinski definition) is 1. The lowest BCUT2D eigenvalue weighted by Crippen LogP contribution is -1.75. The monoisotopic (exact) mass is 154 g/mol. The Bertz CT molecular complexity index is 132. The molecular weight excluding hydrogens is 136 g/mol. The van der Waals surface area contributed by atoms with Crippen LogP contribution < -0.4 is 0 Å². The summed E-state index contributed by atoms with van der Waals surface area (Å²) >= 11 is 0. The summed E-state index contributed by atoms with van der Waals surface area (Å²) in [6.45, 7) is 7.89. The molecule has 0 amide bonds. The van der Waals surface area contributed by atoms with E-state index in [4.69, 9.17) is 0 Å². The molecule has 0 aliphatic rings. The standard InChI is InChI=1S/C8H12O.C2H6/c1-3-5-6-8(4-2)7-9;1-2/h4-7H,3H2,1-2H3;1-2H3/b6-5-,8-4+;. The molecule has 0 aromatic rings. The molecule has 0 aromatic heterocycles. The highest BCUT2D eigenvalue weighted by atomic mass is 16.1. The Morgan fingerprint density at radius 1 is 1.36 bits per heavy atom.